The molecule has 1 atom stereocenters. The molecule has 0 saturated heterocycles. The van der Waals surface area contributed by atoms with Gasteiger partial charge in [0.2, 0.25) is 5.91 Å². The van der Waals surface area contributed by atoms with Crippen LogP contribution in [0.5, 0.6) is 0 Å². The van der Waals surface area contributed by atoms with Crippen molar-refractivity contribution in [2.45, 2.75) is 50.8 Å². The third-order valence-corrected chi connectivity index (χ3v) is 4.70. The molecule has 0 unspecified atom stereocenters. The van der Waals surface area contributed by atoms with Crippen LogP contribution in [0.15, 0.2) is 36.9 Å². The fraction of sp³-hybridized carbons (Fsp3) is 0.500. The number of hydrogen-bond donors (Lipinski definition) is 2. The van der Waals surface area contributed by atoms with Crippen LogP contribution >= 0.6 is 0 Å². The first-order valence-corrected chi connectivity index (χ1v) is 8.70. The zero-order valence-corrected chi connectivity index (χ0v) is 14.7. The van der Waals surface area contributed by atoms with E-state index in [0.717, 1.165) is 37.1 Å². The van der Waals surface area contributed by atoms with Crippen LogP contribution in [0.2, 0.25) is 0 Å². The lowest BCUT2D eigenvalue weighted by molar-refractivity contribution is -0.118. The van der Waals surface area contributed by atoms with E-state index in [2.05, 4.69) is 20.7 Å². The number of aromatic nitrogens is 3. The van der Waals surface area contributed by atoms with Crippen LogP contribution in [0.1, 0.15) is 32.6 Å². The molecule has 1 fully saturated rings. The Kier molecular flexibility index (Phi) is 5.78. The molecular weight excluding hydrogens is 318 g/mol. The molecule has 2 N–H and O–H groups in total. The fourth-order valence-corrected chi connectivity index (χ4v) is 3.18. The largest absolute Gasteiger partial charge is 0.381 e. The van der Waals surface area contributed by atoms with Crippen molar-refractivity contribution in [1.82, 2.24) is 20.1 Å². The van der Waals surface area contributed by atoms with E-state index in [0.29, 0.717) is 12.1 Å². The molecule has 1 saturated carbocycles. The summed E-state index contributed by atoms with van der Waals surface area (Å²) in [5, 5.41) is 10.5. The van der Waals surface area contributed by atoms with Crippen molar-refractivity contribution < 1.29 is 9.53 Å². The zero-order chi connectivity index (χ0) is 17.6. The molecule has 1 aromatic carbocycles. The van der Waals surface area contributed by atoms with Crippen LogP contribution in [0.4, 0.5) is 5.69 Å². The Balaban J connectivity index is 1.49. The minimum absolute atomic E-state index is 0.0256. The van der Waals surface area contributed by atoms with E-state index in [9.17, 15) is 4.79 Å². The Labute approximate surface area is 147 Å². The standard InChI is InChI=1S/C18H25N5O2/c1-13(21-14-5-9-17(25-2)10-6-14)18(24)22-15-3-7-16(8-4-15)23-12-19-11-20-23/h3-4,7-8,11-14,17,21H,5-6,9-10H2,1-2H3,(H,22,24)/t13-,14?,17?/m1/s1. The average molecular weight is 343 g/mol. The highest BCUT2D eigenvalue weighted by Crippen LogP contribution is 2.21. The van der Waals surface area contributed by atoms with E-state index in [1.165, 1.54) is 6.33 Å². The summed E-state index contributed by atoms with van der Waals surface area (Å²) in [6.45, 7) is 1.90. The lowest BCUT2D eigenvalue weighted by Crippen LogP contribution is -2.45. The number of benzene rings is 1. The number of ether oxygens (including phenoxy) is 1. The topological polar surface area (TPSA) is 81.1 Å². The molecule has 2 aromatic rings. The number of carbonyl (C=O) groups excluding carboxylic acids is 1. The Morgan fingerprint density at radius 2 is 1.96 bits per heavy atom. The van der Waals surface area contributed by atoms with Crippen molar-refractivity contribution in [3.8, 4) is 5.69 Å². The second-order valence-corrected chi connectivity index (χ2v) is 6.47. The summed E-state index contributed by atoms with van der Waals surface area (Å²) in [5.41, 5.74) is 1.67. The van der Waals surface area contributed by atoms with Crippen LogP contribution in [0.3, 0.4) is 0 Å². The Hall–Kier alpha value is -2.25. The molecule has 25 heavy (non-hydrogen) atoms. The molecule has 7 heteroatoms. The van der Waals surface area contributed by atoms with Crippen molar-refractivity contribution in [1.29, 1.82) is 0 Å². The van der Waals surface area contributed by atoms with Crippen molar-refractivity contribution in [3.63, 3.8) is 0 Å². The van der Waals surface area contributed by atoms with Crippen molar-refractivity contribution in [2.24, 2.45) is 0 Å². The molecular formula is C18H25N5O2. The van der Waals surface area contributed by atoms with Gasteiger partial charge in [0.15, 0.2) is 0 Å². The molecule has 0 aliphatic heterocycles. The molecule has 1 amide bonds. The number of amides is 1. The maximum Gasteiger partial charge on any atom is 0.241 e. The average Bonchev–Trinajstić information content (AvgIpc) is 3.17. The Bertz CT molecular complexity index is 663. The van der Waals surface area contributed by atoms with Crippen LogP contribution in [0, 0.1) is 0 Å². The first-order chi connectivity index (χ1) is 12.2. The van der Waals surface area contributed by atoms with Gasteiger partial charge in [-0.25, -0.2) is 9.67 Å². The van der Waals surface area contributed by atoms with Gasteiger partial charge >= 0.3 is 0 Å². The quantitative estimate of drug-likeness (QED) is 0.840. The van der Waals surface area contributed by atoms with Crippen LogP contribution in [0.25, 0.3) is 5.69 Å². The lowest BCUT2D eigenvalue weighted by Gasteiger charge is -2.30. The number of nitrogens with one attached hydrogen (secondary N) is 2. The number of carbonyl (C=O) groups is 1. The highest BCUT2D eigenvalue weighted by Gasteiger charge is 2.24. The predicted molar refractivity (Wildman–Crippen MR) is 95.6 cm³/mol. The highest BCUT2D eigenvalue weighted by molar-refractivity contribution is 5.94. The molecule has 1 heterocycles. The SMILES string of the molecule is COC1CCC(N[C@H](C)C(=O)Nc2ccc(-n3cncn3)cc2)CC1. The van der Waals surface area contributed by atoms with Gasteiger partial charge < -0.3 is 15.4 Å². The van der Waals surface area contributed by atoms with Crippen LogP contribution in [-0.2, 0) is 9.53 Å². The smallest absolute Gasteiger partial charge is 0.241 e. The second-order valence-electron chi connectivity index (χ2n) is 6.47. The van der Waals surface area contributed by atoms with Gasteiger partial charge in [-0.05, 0) is 56.9 Å². The van der Waals surface area contributed by atoms with Gasteiger partial charge in [0.25, 0.3) is 0 Å². The van der Waals surface area contributed by atoms with E-state index in [-0.39, 0.29) is 11.9 Å². The van der Waals surface area contributed by atoms with Gasteiger partial charge in [-0.2, -0.15) is 5.10 Å². The monoisotopic (exact) mass is 343 g/mol. The van der Waals surface area contributed by atoms with E-state index in [4.69, 9.17) is 4.74 Å². The van der Waals surface area contributed by atoms with E-state index >= 15 is 0 Å². The molecule has 134 valence electrons. The maximum absolute atomic E-state index is 12.4. The minimum Gasteiger partial charge on any atom is -0.381 e. The van der Waals surface area contributed by atoms with Gasteiger partial charge in [-0.1, -0.05) is 0 Å². The van der Waals surface area contributed by atoms with Gasteiger partial charge in [0, 0.05) is 18.8 Å². The second kappa shape index (κ2) is 8.22. The summed E-state index contributed by atoms with van der Waals surface area (Å²) in [7, 11) is 1.77. The molecule has 3 rings (SSSR count). The van der Waals surface area contributed by atoms with Gasteiger partial charge in [-0.15, -0.1) is 0 Å². The summed E-state index contributed by atoms with van der Waals surface area (Å²) in [6.07, 6.45) is 7.68. The zero-order valence-electron chi connectivity index (χ0n) is 14.7. The normalized spacial score (nSPS) is 21.7. The third kappa shape index (κ3) is 4.64. The number of rotatable bonds is 6. The number of hydrogen-bond acceptors (Lipinski definition) is 5. The highest BCUT2D eigenvalue weighted by atomic mass is 16.5. The summed E-state index contributed by atoms with van der Waals surface area (Å²) < 4.78 is 7.06. The fourth-order valence-electron chi connectivity index (χ4n) is 3.18. The molecule has 0 radical (unpaired) electrons. The minimum atomic E-state index is -0.237. The van der Waals surface area contributed by atoms with Crippen molar-refractivity contribution >= 4 is 11.6 Å². The molecule has 7 nitrogen and oxygen atoms in total. The lowest BCUT2D eigenvalue weighted by atomic mass is 9.92. The van der Waals surface area contributed by atoms with E-state index < -0.39 is 0 Å². The van der Waals surface area contributed by atoms with Crippen LogP contribution in [-0.4, -0.2) is 46.0 Å². The molecule has 1 aromatic heterocycles. The molecule has 0 spiro atoms. The molecule has 1 aliphatic carbocycles. The summed E-state index contributed by atoms with van der Waals surface area (Å²) in [6, 6.07) is 7.67. The molecule has 1 aliphatic rings. The van der Waals surface area contributed by atoms with Crippen molar-refractivity contribution in [2.75, 3.05) is 12.4 Å². The van der Waals surface area contributed by atoms with E-state index in [1.54, 1.807) is 18.1 Å². The van der Waals surface area contributed by atoms with Crippen molar-refractivity contribution in [3.05, 3.63) is 36.9 Å². The predicted octanol–water partition coefficient (Wildman–Crippen LogP) is 2.14. The first kappa shape index (κ1) is 17.6. The third-order valence-electron chi connectivity index (χ3n) is 4.70. The van der Waals surface area contributed by atoms with Gasteiger partial charge in [0.05, 0.1) is 17.8 Å². The van der Waals surface area contributed by atoms with Gasteiger partial charge in [0.1, 0.15) is 12.7 Å². The Morgan fingerprint density at radius 3 is 2.56 bits per heavy atom. The van der Waals surface area contributed by atoms with E-state index in [1.807, 2.05) is 31.2 Å². The number of methoxy groups -OCH3 is 1. The summed E-state index contributed by atoms with van der Waals surface area (Å²) in [5.74, 6) is -0.0256. The Morgan fingerprint density at radius 1 is 1.24 bits per heavy atom. The summed E-state index contributed by atoms with van der Waals surface area (Å²) in [4.78, 5) is 16.3. The molecule has 0 bridgehead atoms. The maximum atomic E-state index is 12.4. The first-order valence-electron chi connectivity index (χ1n) is 8.70. The number of anilines is 1. The number of nitrogens with zero attached hydrogens (tertiary/aromatic N) is 3. The van der Waals surface area contributed by atoms with Crippen LogP contribution < -0.4 is 10.6 Å². The summed E-state index contributed by atoms with van der Waals surface area (Å²) >= 11 is 0. The van der Waals surface area contributed by atoms with Gasteiger partial charge in [-0.3, -0.25) is 4.79 Å².